The van der Waals surface area contributed by atoms with E-state index in [1.54, 1.807) is 6.08 Å². The Kier molecular flexibility index (Phi) is 42.6. The maximum Gasteiger partial charge on any atom is 0.364 e. The fourth-order valence-corrected chi connectivity index (χ4v) is 11.9. The van der Waals surface area contributed by atoms with E-state index in [2.05, 4.69) is 36.6 Å². The van der Waals surface area contributed by atoms with Crippen molar-refractivity contribution < 1.29 is 104 Å². The number of aliphatic hydroxyl groups excluding tert-OH is 11. The Hall–Kier alpha value is -2.79. The maximum atomic E-state index is 13.4. The van der Waals surface area contributed by atoms with Crippen molar-refractivity contribution in [2.45, 2.75) is 349 Å². The molecule has 0 saturated carbocycles. The standard InChI is InChI=1S/C66H120N2O21/c1-4-6-8-10-12-14-16-17-18-19-20-21-22-23-24-25-26-27-28-29-30-32-34-36-38-40-53(76)68-47(48(73)39-37-35-33-31-15-13-11-9-7-5-2)45-84-63-58(80)57(79)60(52(44-71)86-63)87-64-59(81)62(56(78)51(43-70)85-64)89-66(65(82)83)41-49(74)54(67-46(3)72)61(88-66)55(77)50(75)42-69/h23-24,37,39,47-52,54-64,69-71,73-75,77-81H,4-22,25-36,38,40-45H2,1-3H3,(H,67,72)(H,68,76)(H,82,83)/b24-23-,39-37+. The quantitative estimate of drug-likeness (QED) is 0.0257. The molecule has 18 unspecified atom stereocenters. The lowest BCUT2D eigenvalue weighted by Gasteiger charge is -2.50. The Morgan fingerprint density at radius 3 is 1.53 bits per heavy atom. The van der Waals surface area contributed by atoms with Crippen molar-refractivity contribution in [3.05, 3.63) is 24.3 Å². The predicted octanol–water partition coefficient (Wildman–Crippen LogP) is 5.67. The number of unbranched alkanes of at least 4 members (excludes halogenated alkanes) is 29. The number of ether oxygens (including phenoxy) is 6. The molecule has 0 radical (unpaired) electrons. The average Bonchev–Trinajstić information content (AvgIpc) is 0.884. The number of aliphatic hydroxyl groups is 11. The second-order valence-corrected chi connectivity index (χ2v) is 25.0. The highest BCUT2D eigenvalue weighted by Crippen LogP contribution is 2.39. The van der Waals surface area contributed by atoms with Crippen molar-refractivity contribution in [1.29, 1.82) is 0 Å². The van der Waals surface area contributed by atoms with Crippen molar-refractivity contribution >= 4 is 17.8 Å². The number of carbonyl (C=O) groups is 3. The van der Waals surface area contributed by atoms with Gasteiger partial charge in [0, 0.05) is 19.8 Å². The third-order valence-corrected chi connectivity index (χ3v) is 17.4. The molecule has 0 aromatic rings. The van der Waals surface area contributed by atoms with Crippen LogP contribution in [0.1, 0.15) is 239 Å². The molecule has 520 valence electrons. The lowest BCUT2D eigenvalue weighted by molar-refractivity contribution is -0.386. The van der Waals surface area contributed by atoms with Crippen LogP contribution in [0.5, 0.6) is 0 Å². The summed E-state index contributed by atoms with van der Waals surface area (Å²) < 4.78 is 34.7. The van der Waals surface area contributed by atoms with Crippen LogP contribution in [0, 0.1) is 0 Å². The van der Waals surface area contributed by atoms with Crippen molar-refractivity contribution in [2.75, 3.05) is 26.4 Å². The van der Waals surface area contributed by atoms with Crippen LogP contribution in [-0.4, -0.2) is 215 Å². The molecular weight excluding hydrogens is 1160 g/mol. The van der Waals surface area contributed by atoms with Crippen molar-refractivity contribution in [3.8, 4) is 0 Å². The molecule has 0 aromatic heterocycles. The van der Waals surface area contributed by atoms with Crippen LogP contribution >= 0.6 is 0 Å². The number of allylic oxidation sites excluding steroid dienone is 3. The summed E-state index contributed by atoms with van der Waals surface area (Å²) in [5.41, 5.74) is 0. The van der Waals surface area contributed by atoms with E-state index in [0.29, 0.717) is 12.8 Å². The van der Waals surface area contributed by atoms with Crippen molar-refractivity contribution in [3.63, 3.8) is 0 Å². The third kappa shape index (κ3) is 30.0. The van der Waals surface area contributed by atoms with Gasteiger partial charge in [0.15, 0.2) is 12.6 Å². The lowest BCUT2D eigenvalue weighted by Crippen LogP contribution is -2.70. The molecule has 3 heterocycles. The van der Waals surface area contributed by atoms with Gasteiger partial charge in [0.05, 0.1) is 50.7 Å². The van der Waals surface area contributed by atoms with Gasteiger partial charge in [0.1, 0.15) is 67.1 Å². The SMILES string of the molecule is CCCCCCCCCC/C=C/C(O)C(COC1OC(CO)C(OC2OC(CO)C(O)C(OC3(C(=O)O)CC(O)C(NC(C)=O)C(C(O)C(O)CO)O3)C2O)C(O)C1O)NC(=O)CCCCCCCCCCC/C=C\CCCCCCCCCCCCCC. The fraction of sp³-hybridized carbons (Fsp3) is 0.894. The van der Waals surface area contributed by atoms with E-state index in [1.165, 1.54) is 141 Å². The second-order valence-electron chi connectivity index (χ2n) is 25.0. The minimum Gasteiger partial charge on any atom is -0.477 e. The Bertz CT molecular complexity index is 1900. The van der Waals surface area contributed by atoms with Gasteiger partial charge in [-0.05, 0) is 44.9 Å². The maximum absolute atomic E-state index is 13.4. The van der Waals surface area contributed by atoms with Gasteiger partial charge in [-0.1, -0.05) is 199 Å². The fourth-order valence-electron chi connectivity index (χ4n) is 11.9. The number of carboxylic acid groups (broad SMARTS) is 1. The molecule has 23 nitrogen and oxygen atoms in total. The van der Waals surface area contributed by atoms with Gasteiger partial charge in [0.2, 0.25) is 11.8 Å². The number of amides is 2. The first-order chi connectivity index (χ1) is 42.9. The Morgan fingerprint density at radius 2 is 1.06 bits per heavy atom. The van der Waals surface area contributed by atoms with Crippen LogP contribution in [0.4, 0.5) is 0 Å². The predicted molar refractivity (Wildman–Crippen MR) is 334 cm³/mol. The molecule has 0 spiro atoms. The van der Waals surface area contributed by atoms with Crippen LogP contribution in [0.15, 0.2) is 24.3 Å². The minimum atomic E-state index is -3.08. The second kappa shape index (κ2) is 47.1. The normalized spacial score (nSPS) is 28.9. The topological polar surface area (TPSA) is 373 Å². The van der Waals surface area contributed by atoms with E-state index in [-0.39, 0.29) is 12.3 Å². The van der Waals surface area contributed by atoms with Gasteiger partial charge in [-0.3, -0.25) is 9.59 Å². The molecular formula is C66H120N2O21. The summed E-state index contributed by atoms with van der Waals surface area (Å²) in [6.07, 6.45) is 16.9. The number of nitrogens with one attached hydrogen (secondary N) is 2. The molecule has 3 aliphatic heterocycles. The molecule has 0 bridgehead atoms. The highest BCUT2D eigenvalue weighted by molar-refractivity contribution is 5.77. The summed E-state index contributed by atoms with van der Waals surface area (Å²) in [6, 6.07) is -2.62. The molecule has 18 atom stereocenters. The van der Waals surface area contributed by atoms with Crippen LogP contribution in [-0.2, 0) is 42.8 Å². The zero-order valence-electron chi connectivity index (χ0n) is 54.0. The van der Waals surface area contributed by atoms with Gasteiger partial charge < -0.3 is 100 Å². The first-order valence-electron chi connectivity index (χ1n) is 34.2. The number of carbonyl (C=O) groups excluding carboxylic acids is 2. The Balaban J connectivity index is 1.54. The van der Waals surface area contributed by atoms with Gasteiger partial charge >= 0.3 is 5.97 Å². The van der Waals surface area contributed by atoms with Crippen LogP contribution < -0.4 is 10.6 Å². The van der Waals surface area contributed by atoms with Gasteiger partial charge in [-0.25, -0.2) is 4.79 Å². The summed E-state index contributed by atoms with van der Waals surface area (Å²) in [7, 11) is 0. The molecule has 0 aromatic carbocycles. The highest BCUT2D eigenvalue weighted by atomic mass is 16.8. The Labute approximate surface area is 530 Å². The van der Waals surface area contributed by atoms with Crippen LogP contribution in [0.2, 0.25) is 0 Å². The number of hydrogen-bond acceptors (Lipinski definition) is 20. The number of carboxylic acids is 1. The molecule has 3 saturated heterocycles. The molecule has 14 N–H and O–H groups in total. The third-order valence-electron chi connectivity index (χ3n) is 17.4. The lowest BCUT2D eigenvalue weighted by atomic mass is 9.88. The molecule has 3 rings (SSSR count). The van der Waals surface area contributed by atoms with Crippen molar-refractivity contribution in [1.82, 2.24) is 10.6 Å². The highest BCUT2D eigenvalue weighted by Gasteiger charge is 2.60. The summed E-state index contributed by atoms with van der Waals surface area (Å²) in [5.74, 6) is -6.15. The average molecular weight is 1280 g/mol. The Morgan fingerprint density at radius 1 is 0.584 bits per heavy atom. The molecule has 0 aliphatic carbocycles. The van der Waals surface area contributed by atoms with Gasteiger partial charge in [0.25, 0.3) is 5.79 Å². The van der Waals surface area contributed by atoms with E-state index < -0.39 is 155 Å². The summed E-state index contributed by atoms with van der Waals surface area (Å²) in [4.78, 5) is 38.5. The molecule has 3 fully saturated rings. The number of aliphatic carboxylic acids is 1. The number of rotatable bonds is 51. The number of hydrogen-bond donors (Lipinski definition) is 14. The van der Waals surface area contributed by atoms with E-state index in [9.17, 15) is 75.7 Å². The molecule has 23 heteroatoms. The molecule has 3 aliphatic rings. The summed E-state index contributed by atoms with van der Waals surface area (Å²) in [5, 5.41) is 136. The monoisotopic (exact) mass is 1280 g/mol. The van der Waals surface area contributed by atoms with E-state index >= 15 is 0 Å². The van der Waals surface area contributed by atoms with Crippen LogP contribution in [0.25, 0.3) is 0 Å². The zero-order valence-corrected chi connectivity index (χ0v) is 54.0. The molecule has 89 heavy (non-hydrogen) atoms. The molecule has 2 amide bonds. The smallest absolute Gasteiger partial charge is 0.364 e. The van der Waals surface area contributed by atoms with E-state index in [1.807, 2.05) is 6.08 Å². The van der Waals surface area contributed by atoms with Gasteiger partial charge in [-0.15, -0.1) is 0 Å². The van der Waals surface area contributed by atoms with Crippen molar-refractivity contribution in [2.24, 2.45) is 0 Å². The minimum absolute atomic E-state index is 0.198. The first-order valence-corrected chi connectivity index (χ1v) is 34.2. The zero-order chi connectivity index (χ0) is 65.4. The largest absolute Gasteiger partial charge is 0.477 e. The summed E-state index contributed by atoms with van der Waals surface area (Å²) >= 11 is 0. The first kappa shape index (κ1) is 80.4. The van der Waals surface area contributed by atoms with E-state index in [4.69, 9.17) is 28.4 Å². The van der Waals surface area contributed by atoms with Gasteiger partial charge in [-0.2, -0.15) is 0 Å². The summed E-state index contributed by atoms with van der Waals surface area (Å²) in [6.45, 7) is 2.10. The van der Waals surface area contributed by atoms with Crippen LogP contribution in [0.3, 0.4) is 0 Å². The van der Waals surface area contributed by atoms with E-state index in [0.717, 1.165) is 58.3 Å².